The molecule has 37 heavy (non-hydrogen) atoms. The van der Waals surface area contributed by atoms with E-state index in [1.807, 2.05) is 27.8 Å². The summed E-state index contributed by atoms with van der Waals surface area (Å²) in [7, 11) is 3.74. The number of pyridine rings is 1. The molecule has 0 bridgehead atoms. The molecule has 0 saturated heterocycles. The third-order valence-electron chi connectivity index (χ3n) is 7.63. The zero-order chi connectivity index (χ0) is 26.3. The molecule has 5 rings (SSSR count). The summed E-state index contributed by atoms with van der Waals surface area (Å²) in [6.07, 6.45) is 9.95. The Bertz CT molecular complexity index is 1250. The number of H-pyrrole nitrogens is 1. The summed E-state index contributed by atoms with van der Waals surface area (Å²) < 4.78 is 5.83. The molecule has 2 aliphatic rings. The molecule has 0 aliphatic heterocycles. The number of aromatic nitrogens is 5. The van der Waals surface area contributed by atoms with E-state index in [1.54, 1.807) is 7.11 Å². The second kappa shape index (κ2) is 12.3. The Morgan fingerprint density at radius 3 is 2.51 bits per heavy atom. The predicted octanol–water partition coefficient (Wildman–Crippen LogP) is 6.10. The number of methoxy groups -OCH3 is 1. The van der Waals surface area contributed by atoms with Crippen molar-refractivity contribution in [3.05, 3.63) is 40.7 Å². The van der Waals surface area contributed by atoms with Crippen LogP contribution in [0.15, 0.2) is 18.2 Å². The van der Waals surface area contributed by atoms with E-state index in [4.69, 9.17) is 9.72 Å². The largest absolute Gasteiger partial charge is 0.387 e. The average molecular weight is 501 g/mol. The lowest BCUT2D eigenvalue weighted by molar-refractivity contribution is 0.129. The maximum atomic E-state index is 5.83. The molecular formula is C30H40N6O. The number of fused-ring (bicyclic) bond motifs is 1. The van der Waals surface area contributed by atoms with Crippen molar-refractivity contribution in [2.75, 3.05) is 26.1 Å². The quantitative estimate of drug-likeness (QED) is 0.314. The van der Waals surface area contributed by atoms with Gasteiger partial charge in [-0.1, -0.05) is 51.2 Å². The van der Waals surface area contributed by atoms with E-state index in [0.29, 0.717) is 12.4 Å². The molecule has 0 spiro atoms. The van der Waals surface area contributed by atoms with Crippen molar-refractivity contribution in [1.29, 1.82) is 0 Å². The smallest absolute Gasteiger partial charge is 0.207 e. The summed E-state index contributed by atoms with van der Waals surface area (Å²) in [5, 5.41) is 19.0. The van der Waals surface area contributed by atoms with Crippen LogP contribution < -0.4 is 5.32 Å². The first-order chi connectivity index (χ1) is 18.2. The molecule has 7 nitrogen and oxygen atoms in total. The molecule has 2 aromatic heterocycles. The van der Waals surface area contributed by atoms with E-state index in [0.717, 1.165) is 66.6 Å². The topological polar surface area (TPSA) is 88.6 Å². The van der Waals surface area contributed by atoms with Gasteiger partial charge in [0.2, 0.25) is 5.82 Å². The Kier molecular flexibility index (Phi) is 8.94. The molecule has 3 aromatic rings. The summed E-state index contributed by atoms with van der Waals surface area (Å²) in [5.74, 6) is 7.13. The molecule has 7 heteroatoms. The fraction of sp³-hybridized carbons (Fsp3) is 0.533. The molecule has 2 heterocycles. The molecule has 1 saturated carbocycles. The molecule has 196 valence electrons. The molecule has 0 radical (unpaired) electrons. The van der Waals surface area contributed by atoms with Gasteiger partial charge in [-0.3, -0.25) is 4.98 Å². The number of tetrazole rings is 1. The van der Waals surface area contributed by atoms with Gasteiger partial charge in [-0.2, -0.15) is 5.21 Å². The van der Waals surface area contributed by atoms with E-state index in [9.17, 15) is 0 Å². The van der Waals surface area contributed by atoms with Gasteiger partial charge >= 0.3 is 0 Å². The summed E-state index contributed by atoms with van der Waals surface area (Å²) in [6, 6.07) is 6.37. The SMILES string of the molecule is CC.CC#Cc1c(NC)cccc1-c1c2c(nc(C3(COC)CCCC3)c1-c1nn[nH]n1)CCCCC2. The van der Waals surface area contributed by atoms with E-state index >= 15 is 0 Å². The predicted molar refractivity (Wildman–Crippen MR) is 150 cm³/mol. The lowest BCUT2D eigenvalue weighted by atomic mass is 9.76. The van der Waals surface area contributed by atoms with Crippen molar-refractivity contribution >= 4 is 5.69 Å². The minimum Gasteiger partial charge on any atom is -0.387 e. The molecule has 2 aliphatic carbocycles. The first-order valence-electron chi connectivity index (χ1n) is 13.8. The standard InChI is InChI=1S/C28H34N6O.C2H6/c1-4-11-19-20(13-10-15-22(19)29-2)24-21-12-6-5-7-14-23(21)30-26(25(24)27-31-33-34-32-27)28(18-35-3)16-8-9-17-28;1-2/h10,13,15,29H,5-9,12,14,16-18H2,1-3H3,(H,31,32,33,34);1-2H3. The lowest BCUT2D eigenvalue weighted by Gasteiger charge is -2.32. The Labute approximate surface area is 221 Å². The highest BCUT2D eigenvalue weighted by atomic mass is 16.5. The second-order valence-corrected chi connectivity index (χ2v) is 9.71. The zero-order valence-corrected chi connectivity index (χ0v) is 23.0. The van der Waals surface area contributed by atoms with Crippen LogP contribution in [0.4, 0.5) is 5.69 Å². The van der Waals surface area contributed by atoms with E-state index in [1.165, 1.54) is 36.1 Å². The van der Waals surface area contributed by atoms with Gasteiger partial charge in [0.15, 0.2) is 0 Å². The highest BCUT2D eigenvalue weighted by Crippen LogP contribution is 2.49. The van der Waals surface area contributed by atoms with Crippen LogP contribution >= 0.6 is 0 Å². The Balaban J connectivity index is 0.00000156. The number of benzene rings is 1. The number of hydrogen-bond donors (Lipinski definition) is 2. The minimum absolute atomic E-state index is 0.155. The van der Waals surface area contributed by atoms with Crippen LogP contribution in [0, 0.1) is 11.8 Å². The molecule has 0 unspecified atom stereocenters. The highest BCUT2D eigenvalue weighted by Gasteiger charge is 2.42. The second-order valence-electron chi connectivity index (χ2n) is 9.71. The highest BCUT2D eigenvalue weighted by molar-refractivity contribution is 5.91. The van der Waals surface area contributed by atoms with Crippen LogP contribution in [0.1, 0.15) is 88.2 Å². The third-order valence-corrected chi connectivity index (χ3v) is 7.63. The Morgan fingerprint density at radius 1 is 1.05 bits per heavy atom. The third kappa shape index (κ3) is 5.13. The summed E-state index contributed by atoms with van der Waals surface area (Å²) in [4.78, 5) is 5.45. The van der Waals surface area contributed by atoms with Crippen LogP contribution in [-0.2, 0) is 23.0 Å². The maximum absolute atomic E-state index is 5.83. The number of aryl methyl sites for hydroxylation is 1. The van der Waals surface area contributed by atoms with Crippen molar-refractivity contribution in [2.24, 2.45) is 0 Å². The van der Waals surface area contributed by atoms with Gasteiger partial charge in [-0.05, 0) is 62.3 Å². The fourth-order valence-corrected chi connectivity index (χ4v) is 6.09. The van der Waals surface area contributed by atoms with E-state index < -0.39 is 0 Å². The van der Waals surface area contributed by atoms with Crippen LogP contribution in [0.2, 0.25) is 0 Å². The Hall–Kier alpha value is -3.24. The van der Waals surface area contributed by atoms with Crippen LogP contribution in [0.3, 0.4) is 0 Å². The zero-order valence-electron chi connectivity index (χ0n) is 23.0. The van der Waals surface area contributed by atoms with Crippen LogP contribution in [-0.4, -0.2) is 46.4 Å². The first kappa shape index (κ1) is 26.8. The van der Waals surface area contributed by atoms with Crippen molar-refractivity contribution in [1.82, 2.24) is 25.6 Å². The van der Waals surface area contributed by atoms with E-state index in [2.05, 4.69) is 56.0 Å². The fourth-order valence-electron chi connectivity index (χ4n) is 6.09. The molecule has 1 fully saturated rings. The summed E-state index contributed by atoms with van der Waals surface area (Å²) in [5.41, 5.74) is 8.73. The normalized spacial score (nSPS) is 16.0. The van der Waals surface area contributed by atoms with Gasteiger partial charge in [0.25, 0.3) is 0 Å². The van der Waals surface area contributed by atoms with Crippen LogP contribution in [0.25, 0.3) is 22.5 Å². The first-order valence-corrected chi connectivity index (χ1v) is 13.8. The van der Waals surface area contributed by atoms with Gasteiger partial charge in [0, 0.05) is 36.4 Å². The van der Waals surface area contributed by atoms with Gasteiger partial charge in [0.1, 0.15) is 0 Å². The minimum atomic E-state index is -0.155. The van der Waals surface area contributed by atoms with Crippen LogP contribution in [0.5, 0.6) is 0 Å². The number of anilines is 1. The number of ether oxygens (including phenoxy) is 1. The number of aromatic amines is 1. The van der Waals surface area contributed by atoms with Gasteiger partial charge in [-0.15, -0.1) is 16.1 Å². The van der Waals surface area contributed by atoms with Crippen molar-refractivity contribution in [2.45, 2.75) is 84.0 Å². The van der Waals surface area contributed by atoms with Gasteiger partial charge < -0.3 is 10.1 Å². The summed E-state index contributed by atoms with van der Waals surface area (Å²) in [6.45, 7) is 6.53. The molecule has 0 amide bonds. The number of hydrogen-bond acceptors (Lipinski definition) is 6. The molecular weight excluding hydrogens is 460 g/mol. The Morgan fingerprint density at radius 2 is 1.84 bits per heavy atom. The monoisotopic (exact) mass is 500 g/mol. The van der Waals surface area contributed by atoms with E-state index in [-0.39, 0.29) is 5.41 Å². The molecule has 0 atom stereocenters. The van der Waals surface area contributed by atoms with Gasteiger partial charge in [-0.25, -0.2) is 0 Å². The van der Waals surface area contributed by atoms with Crippen molar-refractivity contribution < 1.29 is 4.74 Å². The molecule has 2 N–H and O–H groups in total. The molecule has 1 aromatic carbocycles. The number of nitrogens with one attached hydrogen (secondary N) is 2. The van der Waals surface area contributed by atoms with Gasteiger partial charge in [0.05, 0.1) is 29.1 Å². The number of nitrogens with zero attached hydrogens (tertiary/aromatic N) is 4. The number of rotatable bonds is 6. The van der Waals surface area contributed by atoms with Crippen molar-refractivity contribution in [3.8, 4) is 34.4 Å². The lowest BCUT2D eigenvalue weighted by Crippen LogP contribution is -2.31. The van der Waals surface area contributed by atoms with Crippen molar-refractivity contribution in [3.63, 3.8) is 0 Å². The maximum Gasteiger partial charge on any atom is 0.207 e. The summed E-state index contributed by atoms with van der Waals surface area (Å²) >= 11 is 0. The average Bonchev–Trinajstić information content (AvgIpc) is 3.58.